The molecule has 0 amide bonds. The first-order chi connectivity index (χ1) is 17.4. The van der Waals surface area contributed by atoms with Crippen LogP contribution < -0.4 is 25.0 Å². The second-order valence-corrected chi connectivity index (χ2v) is 8.50. The largest absolute Gasteiger partial charge is 0.493 e. The van der Waals surface area contributed by atoms with Gasteiger partial charge in [0.25, 0.3) is 5.95 Å². The number of aryl methyl sites for hydroxylation is 2. The van der Waals surface area contributed by atoms with Crippen LogP contribution in [0.5, 0.6) is 17.2 Å². The zero-order chi connectivity index (χ0) is 25.7. The molecule has 2 aromatic carbocycles. The van der Waals surface area contributed by atoms with Gasteiger partial charge in [-0.3, -0.25) is 0 Å². The molecular formula is C24H25BrN8O3. The molecule has 0 spiro atoms. The SMILES string of the molecule is COc1cc(C=NNc2nc(Nc3ccc(Br)cc3)nc(-n3nc(C)cc3C)n2)cc(OC)c1OC. The maximum absolute atomic E-state index is 5.40. The van der Waals surface area contributed by atoms with E-state index in [2.05, 4.69) is 51.8 Å². The van der Waals surface area contributed by atoms with Crippen LogP contribution in [0.25, 0.3) is 5.95 Å². The topological polar surface area (TPSA) is 121 Å². The molecule has 186 valence electrons. The molecule has 0 radical (unpaired) electrons. The van der Waals surface area contributed by atoms with Gasteiger partial charge in [-0.05, 0) is 56.3 Å². The molecule has 0 bridgehead atoms. The van der Waals surface area contributed by atoms with Crippen molar-refractivity contribution in [2.75, 3.05) is 32.1 Å². The summed E-state index contributed by atoms with van der Waals surface area (Å²) in [6.07, 6.45) is 1.60. The first kappa shape index (κ1) is 24.9. The smallest absolute Gasteiger partial charge is 0.257 e. The van der Waals surface area contributed by atoms with E-state index >= 15 is 0 Å². The van der Waals surface area contributed by atoms with Gasteiger partial charge in [-0.2, -0.15) is 25.2 Å². The van der Waals surface area contributed by atoms with Gasteiger partial charge in [0.2, 0.25) is 17.6 Å². The Kier molecular flexibility index (Phi) is 7.64. The number of methoxy groups -OCH3 is 3. The van der Waals surface area contributed by atoms with E-state index in [4.69, 9.17) is 14.2 Å². The first-order valence-corrected chi connectivity index (χ1v) is 11.6. The summed E-state index contributed by atoms with van der Waals surface area (Å²) in [7, 11) is 4.67. The molecule has 0 aliphatic heterocycles. The second kappa shape index (κ2) is 11.0. The van der Waals surface area contributed by atoms with Crippen molar-refractivity contribution in [1.29, 1.82) is 0 Å². The molecule has 0 aliphatic rings. The summed E-state index contributed by atoms with van der Waals surface area (Å²) in [6.45, 7) is 3.84. The van der Waals surface area contributed by atoms with Crippen LogP contribution in [0.3, 0.4) is 0 Å². The lowest BCUT2D eigenvalue weighted by atomic mass is 10.2. The Morgan fingerprint density at radius 3 is 2.14 bits per heavy atom. The van der Waals surface area contributed by atoms with E-state index in [9.17, 15) is 0 Å². The number of rotatable bonds is 9. The Bertz CT molecular complexity index is 1360. The summed E-state index contributed by atoms with van der Waals surface area (Å²) in [5.74, 6) is 2.45. The van der Waals surface area contributed by atoms with Crippen molar-refractivity contribution in [3.63, 3.8) is 0 Å². The van der Waals surface area contributed by atoms with Crippen LogP contribution in [0.15, 0.2) is 52.0 Å². The van der Waals surface area contributed by atoms with Crippen LogP contribution in [-0.4, -0.2) is 52.3 Å². The number of hydrazone groups is 1. The summed E-state index contributed by atoms with van der Waals surface area (Å²) < 4.78 is 18.8. The standard InChI is InChI=1S/C24H25BrN8O3/c1-14-10-15(2)33(32-14)24-29-22(27-18-8-6-17(25)7-9-18)28-23(30-24)31-26-13-16-11-19(34-3)21(36-5)20(12-16)35-4/h6-13H,1-5H3,(H2,27,28,29,30,31). The minimum absolute atomic E-state index is 0.232. The summed E-state index contributed by atoms with van der Waals surface area (Å²) in [4.78, 5) is 13.5. The number of nitrogens with zero attached hydrogens (tertiary/aromatic N) is 6. The third kappa shape index (κ3) is 5.71. The molecule has 11 nitrogen and oxygen atoms in total. The molecule has 0 aliphatic carbocycles. The maximum atomic E-state index is 5.40. The van der Waals surface area contributed by atoms with Gasteiger partial charge in [-0.1, -0.05) is 15.9 Å². The van der Waals surface area contributed by atoms with Crippen molar-refractivity contribution in [2.24, 2.45) is 5.10 Å². The predicted molar refractivity (Wildman–Crippen MR) is 141 cm³/mol. The lowest BCUT2D eigenvalue weighted by molar-refractivity contribution is 0.324. The normalized spacial score (nSPS) is 10.9. The van der Waals surface area contributed by atoms with Gasteiger partial charge in [0.15, 0.2) is 11.5 Å². The molecular weight excluding hydrogens is 528 g/mol. The molecule has 36 heavy (non-hydrogen) atoms. The lowest BCUT2D eigenvalue weighted by Crippen LogP contribution is -2.11. The minimum atomic E-state index is 0.232. The number of halogens is 1. The van der Waals surface area contributed by atoms with Gasteiger partial charge in [0, 0.05) is 21.4 Å². The van der Waals surface area contributed by atoms with E-state index in [1.807, 2.05) is 44.2 Å². The predicted octanol–water partition coefficient (Wildman–Crippen LogP) is 4.65. The van der Waals surface area contributed by atoms with Gasteiger partial charge in [0.1, 0.15) is 0 Å². The van der Waals surface area contributed by atoms with Crippen molar-refractivity contribution in [1.82, 2.24) is 24.7 Å². The van der Waals surface area contributed by atoms with E-state index in [-0.39, 0.29) is 5.95 Å². The van der Waals surface area contributed by atoms with Crippen molar-refractivity contribution in [2.45, 2.75) is 13.8 Å². The second-order valence-electron chi connectivity index (χ2n) is 7.58. The van der Waals surface area contributed by atoms with Crippen molar-refractivity contribution in [3.05, 3.63) is 63.9 Å². The molecule has 0 saturated carbocycles. The van der Waals surface area contributed by atoms with Crippen LogP contribution in [0.4, 0.5) is 17.6 Å². The van der Waals surface area contributed by atoms with Crippen LogP contribution in [-0.2, 0) is 0 Å². The Labute approximate surface area is 216 Å². The van der Waals surface area contributed by atoms with Crippen LogP contribution in [0.1, 0.15) is 17.0 Å². The lowest BCUT2D eigenvalue weighted by Gasteiger charge is -2.12. The average molecular weight is 553 g/mol. The summed E-state index contributed by atoms with van der Waals surface area (Å²) in [6, 6.07) is 13.2. The Balaban J connectivity index is 1.65. The number of anilines is 3. The third-order valence-electron chi connectivity index (χ3n) is 4.99. The molecule has 0 fully saturated rings. The number of hydrogen-bond donors (Lipinski definition) is 2. The van der Waals surface area contributed by atoms with Gasteiger partial charge >= 0.3 is 0 Å². The Morgan fingerprint density at radius 1 is 0.889 bits per heavy atom. The maximum Gasteiger partial charge on any atom is 0.257 e. The number of aromatic nitrogens is 5. The molecule has 0 atom stereocenters. The quantitative estimate of drug-likeness (QED) is 0.225. The highest BCUT2D eigenvalue weighted by Gasteiger charge is 2.14. The minimum Gasteiger partial charge on any atom is -0.493 e. The number of hydrogen-bond acceptors (Lipinski definition) is 10. The number of nitrogens with one attached hydrogen (secondary N) is 2. The Hall–Kier alpha value is -4.19. The fourth-order valence-corrected chi connectivity index (χ4v) is 3.66. The molecule has 2 aromatic heterocycles. The molecule has 0 saturated heterocycles. The molecule has 4 rings (SSSR count). The fraction of sp³-hybridized carbons (Fsp3) is 0.208. The van der Waals surface area contributed by atoms with Crippen LogP contribution in [0, 0.1) is 13.8 Å². The average Bonchev–Trinajstić information content (AvgIpc) is 3.22. The molecule has 2 N–H and O–H groups in total. The van der Waals surface area contributed by atoms with Crippen LogP contribution >= 0.6 is 15.9 Å². The van der Waals surface area contributed by atoms with Crippen molar-refractivity contribution >= 4 is 39.7 Å². The van der Waals surface area contributed by atoms with E-state index in [0.717, 1.165) is 27.1 Å². The summed E-state index contributed by atoms with van der Waals surface area (Å²) in [5, 5.41) is 12.0. The Morgan fingerprint density at radius 2 is 1.56 bits per heavy atom. The third-order valence-corrected chi connectivity index (χ3v) is 5.52. The highest BCUT2D eigenvalue weighted by molar-refractivity contribution is 9.10. The number of benzene rings is 2. The van der Waals surface area contributed by atoms with Gasteiger partial charge in [0.05, 0.1) is 33.2 Å². The number of ether oxygens (including phenoxy) is 3. The van der Waals surface area contributed by atoms with Crippen molar-refractivity contribution < 1.29 is 14.2 Å². The van der Waals surface area contributed by atoms with E-state index in [0.29, 0.717) is 29.1 Å². The molecule has 2 heterocycles. The van der Waals surface area contributed by atoms with E-state index in [1.165, 1.54) is 0 Å². The van der Waals surface area contributed by atoms with Gasteiger partial charge in [-0.15, -0.1) is 0 Å². The highest BCUT2D eigenvalue weighted by Crippen LogP contribution is 2.37. The van der Waals surface area contributed by atoms with Crippen molar-refractivity contribution in [3.8, 4) is 23.2 Å². The fourth-order valence-electron chi connectivity index (χ4n) is 3.40. The highest BCUT2D eigenvalue weighted by atomic mass is 79.9. The monoisotopic (exact) mass is 552 g/mol. The summed E-state index contributed by atoms with van der Waals surface area (Å²) >= 11 is 3.44. The van der Waals surface area contributed by atoms with E-state index in [1.54, 1.807) is 44.4 Å². The van der Waals surface area contributed by atoms with E-state index < -0.39 is 0 Å². The summed E-state index contributed by atoms with van der Waals surface area (Å²) in [5.41, 5.74) is 6.15. The molecule has 12 heteroatoms. The zero-order valence-corrected chi connectivity index (χ0v) is 22.0. The first-order valence-electron chi connectivity index (χ1n) is 10.8. The van der Waals surface area contributed by atoms with Gasteiger partial charge in [-0.25, -0.2) is 10.1 Å². The zero-order valence-electron chi connectivity index (χ0n) is 20.4. The van der Waals surface area contributed by atoms with Gasteiger partial charge < -0.3 is 19.5 Å². The molecule has 0 unspecified atom stereocenters. The molecule has 4 aromatic rings. The van der Waals surface area contributed by atoms with Crippen LogP contribution in [0.2, 0.25) is 0 Å².